The van der Waals surface area contributed by atoms with Crippen LogP contribution >= 0.6 is 0 Å². The first-order valence-electron chi connectivity index (χ1n) is 9.29. The molecule has 6 nitrogen and oxygen atoms in total. The summed E-state index contributed by atoms with van der Waals surface area (Å²) in [5.41, 5.74) is 2.26. The van der Waals surface area contributed by atoms with E-state index < -0.39 is 5.60 Å². The molecule has 2 aliphatic heterocycles. The Hall–Kier alpha value is -2.73. The lowest BCUT2D eigenvalue weighted by Crippen LogP contribution is -2.46. The average Bonchev–Trinajstić information content (AvgIpc) is 2.99. The van der Waals surface area contributed by atoms with E-state index in [1.54, 1.807) is 17.2 Å². The molecule has 27 heavy (non-hydrogen) atoms. The predicted octanol–water partition coefficient (Wildman–Crippen LogP) is 2.07. The van der Waals surface area contributed by atoms with Crippen molar-refractivity contribution in [1.82, 2.24) is 15.2 Å². The smallest absolute Gasteiger partial charge is 0.252 e. The summed E-state index contributed by atoms with van der Waals surface area (Å²) in [5, 5.41) is 13.8. The number of likely N-dealkylation sites (tertiary alicyclic amines) is 1. The Balaban J connectivity index is 1.39. The lowest BCUT2D eigenvalue weighted by molar-refractivity contribution is -0.136. The van der Waals surface area contributed by atoms with Crippen LogP contribution in [0.2, 0.25) is 0 Å². The molecular weight excluding hydrogens is 342 g/mol. The molecule has 3 heterocycles. The highest BCUT2D eigenvalue weighted by Crippen LogP contribution is 2.33. The first-order valence-corrected chi connectivity index (χ1v) is 9.29. The predicted molar refractivity (Wildman–Crippen MR) is 100.0 cm³/mol. The third-order valence-corrected chi connectivity index (χ3v) is 5.60. The number of pyridine rings is 1. The minimum Gasteiger partial charge on any atom is -0.383 e. The van der Waals surface area contributed by atoms with E-state index in [4.69, 9.17) is 0 Å². The molecule has 0 saturated carbocycles. The number of nitrogens with one attached hydrogen (secondary N) is 1. The Morgan fingerprint density at radius 1 is 1.26 bits per heavy atom. The number of hydrogen-bond acceptors (Lipinski definition) is 4. The van der Waals surface area contributed by atoms with Gasteiger partial charge in [0.15, 0.2) is 0 Å². The molecule has 1 atom stereocenters. The maximum Gasteiger partial charge on any atom is 0.252 e. The minimum absolute atomic E-state index is 0.00378. The zero-order valence-electron chi connectivity index (χ0n) is 15.3. The van der Waals surface area contributed by atoms with Crippen molar-refractivity contribution in [3.05, 3.63) is 65.0 Å². The van der Waals surface area contributed by atoms with Gasteiger partial charge in [0.25, 0.3) is 5.91 Å². The van der Waals surface area contributed by atoms with E-state index in [0.29, 0.717) is 37.2 Å². The number of piperidine rings is 1. The zero-order valence-corrected chi connectivity index (χ0v) is 15.3. The standard InChI is InChI=1S/C21H23N3O3/c1-14-6-7-18(22-13-14)21(27)8-10-24(11-9-21)19(25)12-17-15-4-2-3-5-16(15)20(26)23-17/h2-7,13,17,27H,8-12H2,1H3,(H,23,26)/t17-/m1/s1. The van der Waals surface area contributed by atoms with Crippen molar-refractivity contribution in [2.45, 2.75) is 37.8 Å². The second-order valence-electron chi connectivity index (χ2n) is 7.45. The third-order valence-electron chi connectivity index (χ3n) is 5.60. The van der Waals surface area contributed by atoms with Gasteiger partial charge in [-0.3, -0.25) is 14.6 Å². The Morgan fingerprint density at radius 2 is 2.00 bits per heavy atom. The molecular formula is C21H23N3O3. The van der Waals surface area contributed by atoms with Crippen molar-refractivity contribution in [1.29, 1.82) is 0 Å². The lowest BCUT2D eigenvalue weighted by atomic mass is 9.87. The van der Waals surface area contributed by atoms with E-state index in [1.165, 1.54) is 0 Å². The van der Waals surface area contributed by atoms with Crippen LogP contribution in [0.15, 0.2) is 42.6 Å². The molecule has 0 aliphatic carbocycles. The van der Waals surface area contributed by atoms with Gasteiger partial charge >= 0.3 is 0 Å². The number of amides is 2. The summed E-state index contributed by atoms with van der Waals surface area (Å²) < 4.78 is 0. The van der Waals surface area contributed by atoms with E-state index in [-0.39, 0.29) is 24.3 Å². The van der Waals surface area contributed by atoms with E-state index in [2.05, 4.69) is 10.3 Å². The van der Waals surface area contributed by atoms with Crippen LogP contribution < -0.4 is 5.32 Å². The molecule has 6 heteroatoms. The number of rotatable bonds is 3. The number of aromatic nitrogens is 1. The summed E-state index contributed by atoms with van der Waals surface area (Å²) in [6.45, 7) is 2.92. The van der Waals surface area contributed by atoms with Crippen LogP contribution in [0.3, 0.4) is 0 Å². The number of carbonyl (C=O) groups is 2. The number of carbonyl (C=O) groups excluding carboxylic acids is 2. The van der Waals surface area contributed by atoms with Crippen LogP contribution in [-0.4, -0.2) is 39.9 Å². The number of fused-ring (bicyclic) bond motifs is 1. The molecule has 0 radical (unpaired) electrons. The highest BCUT2D eigenvalue weighted by Gasteiger charge is 2.38. The van der Waals surface area contributed by atoms with Gasteiger partial charge in [0.2, 0.25) is 5.91 Å². The molecule has 140 valence electrons. The monoisotopic (exact) mass is 365 g/mol. The highest BCUT2D eigenvalue weighted by molar-refractivity contribution is 5.99. The first kappa shape index (κ1) is 17.7. The SMILES string of the molecule is Cc1ccc(C2(O)CCN(C(=O)C[C@H]3NC(=O)c4ccccc43)CC2)nc1. The van der Waals surface area contributed by atoms with Crippen molar-refractivity contribution >= 4 is 11.8 Å². The van der Waals surface area contributed by atoms with Crippen molar-refractivity contribution in [2.75, 3.05) is 13.1 Å². The molecule has 4 rings (SSSR count). The summed E-state index contributed by atoms with van der Waals surface area (Å²) in [6.07, 6.45) is 2.92. The van der Waals surface area contributed by atoms with Crippen LogP contribution in [0.1, 0.15) is 52.5 Å². The van der Waals surface area contributed by atoms with E-state index in [9.17, 15) is 14.7 Å². The molecule has 2 amide bonds. The van der Waals surface area contributed by atoms with Crippen LogP contribution in [-0.2, 0) is 10.4 Å². The molecule has 1 aromatic heterocycles. The number of aliphatic hydroxyl groups is 1. The fourth-order valence-electron chi connectivity index (χ4n) is 3.91. The Bertz CT molecular complexity index is 870. The topological polar surface area (TPSA) is 82.5 Å². The van der Waals surface area contributed by atoms with Crippen LogP contribution in [0, 0.1) is 6.92 Å². The normalized spacial score (nSPS) is 20.9. The maximum atomic E-state index is 12.7. The maximum absolute atomic E-state index is 12.7. The summed E-state index contributed by atoms with van der Waals surface area (Å²) in [4.78, 5) is 30.9. The second-order valence-corrected chi connectivity index (χ2v) is 7.45. The molecule has 2 aliphatic rings. The first-order chi connectivity index (χ1) is 13.0. The average molecular weight is 365 g/mol. The minimum atomic E-state index is -0.987. The van der Waals surface area contributed by atoms with E-state index in [0.717, 1.165) is 11.1 Å². The number of benzene rings is 1. The zero-order chi connectivity index (χ0) is 19.0. The highest BCUT2D eigenvalue weighted by atomic mass is 16.3. The lowest BCUT2D eigenvalue weighted by Gasteiger charge is -2.38. The molecule has 1 fully saturated rings. The van der Waals surface area contributed by atoms with Gasteiger partial charge in [-0.15, -0.1) is 0 Å². The largest absolute Gasteiger partial charge is 0.383 e. The number of nitrogens with zero attached hydrogens (tertiary/aromatic N) is 2. The van der Waals surface area contributed by atoms with Crippen molar-refractivity contribution in [3.63, 3.8) is 0 Å². The molecule has 1 aromatic carbocycles. The van der Waals surface area contributed by atoms with Crippen LogP contribution in [0.25, 0.3) is 0 Å². The molecule has 2 N–H and O–H groups in total. The fraction of sp³-hybridized carbons (Fsp3) is 0.381. The van der Waals surface area contributed by atoms with Gasteiger partial charge in [0, 0.05) is 24.8 Å². The number of aryl methyl sites for hydroxylation is 1. The third kappa shape index (κ3) is 3.32. The molecule has 0 bridgehead atoms. The van der Waals surface area contributed by atoms with Gasteiger partial charge in [-0.2, -0.15) is 0 Å². The Kier molecular flexibility index (Phi) is 4.44. The van der Waals surface area contributed by atoms with Crippen molar-refractivity contribution in [2.24, 2.45) is 0 Å². The molecule has 2 aromatic rings. The molecule has 0 unspecified atom stereocenters. The van der Waals surface area contributed by atoms with Crippen LogP contribution in [0.5, 0.6) is 0 Å². The second kappa shape index (κ2) is 6.78. The quantitative estimate of drug-likeness (QED) is 0.872. The summed E-state index contributed by atoms with van der Waals surface area (Å²) in [6, 6.07) is 10.9. The molecule has 1 saturated heterocycles. The summed E-state index contributed by atoms with van der Waals surface area (Å²) in [5.74, 6) is -0.127. The van der Waals surface area contributed by atoms with Gasteiger partial charge in [0.05, 0.1) is 18.2 Å². The Morgan fingerprint density at radius 3 is 2.70 bits per heavy atom. The van der Waals surface area contributed by atoms with Crippen molar-refractivity contribution < 1.29 is 14.7 Å². The summed E-state index contributed by atoms with van der Waals surface area (Å²) in [7, 11) is 0. The molecule has 0 spiro atoms. The number of hydrogen-bond donors (Lipinski definition) is 2. The fourth-order valence-corrected chi connectivity index (χ4v) is 3.91. The van der Waals surface area contributed by atoms with Gasteiger partial charge in [0.1, 0.15) is 5.60 Å². The van der Waals surface area contributed by atoms with E-state index in [1.807, 2.05) is 37.3 Å². The Labute approximate surface area is 158 Å². The van der Waals surface area contributed by atoms with Crippen molar-refractivity contribution in [3.8, 4) is 0 Å². The van der Waals surface area contributed by atoms with Crippen LogP contribution in [0.4, 0.5) is 0 Å². The van der Waals surface area contributed by atoms with E-state index >= 15 is 0 Å². The van der Waals surface area contributed by atoms with Gasteiger partial charge < -0.3 is 15.3 Å². The van der Waals surface area contributed by atoms with Gasteiger partial charge in [-0.1, -0.05) is 24.3 Å². The van der Waals surface area contributed by atoms with Gasteiger partial charge in [-0.05, 0) is 43.0 Å². The van der Waals surface area contributed by atoms with Gasteiger partial charge in [-0.25, -0.2) is 0 Å². The summed E-state index contributed by atoms with van der Waals surface area (Å²) >= 11 is 0.